The molecular formula is C11H22F2N2O2. The van der Waals surface area contributed by atoms with Gasteiger partial charge in [0.2, 0.25) is 5.91 Å². The number of rotatable bonds is 9. The van der Waals surface area contributed by atoms with Crippen molar-refractivity contribution in [3.05, 3.63) is 0 Å². The van der Waals surface area contributed by atoms with Crippen LogP contribution in [0.3, 0.4) is 0 Å². The van der Waals surface area contributed by atoms with Crippen LogP contribution in [0.5, 0.6) is 0 Å². The van der Waals surface area contributed by atoms with Gasteiger partial charge in [-0.3, -0.25) is 4.79 Å². The third-order valence-electron chi connectivity index (χ3n) is 2.34. The monoisotopic (exact) mass is 252 g/mol. The minimum absolute atomic E-state index is 0.0896. The summed E-state index contributed by atoms with van der Waals surface area (Å²) in [5.41, 5.74) is 0. The fourth-order valence-corrected chi connectivity index (χ4v) is 1.08. The summed E-state index contributed by atoms with van der Waals surface area (Å²) in [4.78, 5) is 11.5. The number of hydrogen-bond donors (Lipinski definition) is 2. The Balaban J connectivity index is 3.57. The molecule has 2 N–H and O–H groups in total. The second-order valence-electron chi connectivity index (χ2n) is 3.96. The summed E-state index contributed by atoms with van der Waals surface area (Å²) in [6, 6.07) is -0.207. The number of nitrogens with one attached hydrogen (secondary N) is 2. The van der Waals surface area contributed by atoms with E-state index in [1.54, 1.807) is 6.92 Å². The van der Waals surface area contributed by atoms with Crippen LogP contribution < -0.4 is 10.6 Å². The van der Waals surface area contributed by atoms with Gasteiger partial charge in [-0.05, 0) is 20.3 Å². The maximum Gasteiger partial charge on any atom is 0.261 e. The van der Waals surface area contributed by atoms with E-state index >= 15 is 0 Å². The highest BCUT2D eigenvalue weighted by Crippen LogP contribution is 1.92. The maximum absolute atomic E-state index is 11.7. The molecule has 0 aromatic carbocycles. The quantitative estimate of drug-likeness (QED) is 0.605. The fourth-order valence-electron chi connectivity index (χ4n) is 1.08. The molecule has 4 nitrogen and oxygen atoms in total. The van der Waals surface area contributed by atoms with Crippen LogP contribution in [0.4, 0.5) is 8.78 Å². The first-order chi connectivity index (χ1) is 7.97. The number of amides is 1. The largest absolute Gasteiger partial charge is 0.374 e. The standard InChI is InChI=1S/C11H22F2N2O2/c1-4-8(2)15-11(16)9(3)14-5-6-17-7-10(12)13/h8-10,14H,4-7H2,1-3H3,(H,15,16). The van der Waals surface area contributed by atoms with E-state index in [2.05, 4.69) is 15.4 Å². The van der Waals surface area contributed by atoms with Crippen molar-refractivity contribution in [2.24, 2.45) is 0 Å². The lowest BCUT2D eigenvalue weighted by Crippen LogP contribution is -2.46. The summed E-state index contributed by atoms with van der Waals surface area (Å²) in [5, 5.41) is 5.73. The van der Waals surface area contributed by atoms with Gasteiger partial charge in [0.05, 0.1) is 12.6 Å². The predicted molar refractivity (Wildman–Crippen MR) is 62.2 cm³/mol. The number of hydrogen-bond acceptors (Lipinski definition) is 3. The van der Waals surface area contributed by atoms with Crippen molar-refractivity contribution in [1.29, 1.82) is 0 Å². The number of carbonyl (C=O) groups excluding carboxylic acids is 1. The molecule has 0 aliphatic carbocycles. The zero-order chi connectivity index (χ0) is 13.3. The smallest absolute Gasteiger partial charge is 0.261 e. The van der Waals surface area contributed by atoms with E-state index < -0.39 is 13.0 Å². The van der Waals surface area contributed by atoms with Gasteiger partial charge in [0, 0.05) is 12.6 Å². The highest BCUT2D eigenvalue weighted by atomic mass is 19.3. The summed E-state index contributed by atoms with van der Waals surface area (Å²) in [5.74, 6) is -0.0896. The van der Waals surface area contributed by atoms with Crippen molar-refractivity contribution in [3.8, 4) is 0 Å². The third kappa shape index (κ3) is 9.00. The highest BCUT2D eigenvalue weighted by molar-refractivity contribution is 5.81. The van der Waals surface area contributed by atoms with E-state index in [1.807, 2.05) is 13.8 Å². The first kappa shape index (κ1) is 16.2. The molecule has 17 heavy (non-hydrogen) atoms. The number of alkyl halides is 2. The third-order valence-corrected chi connectivity index (χ3v) is 2.34. The Hall–Kier alpha value is -0.750. The van der Waals surface area contributed by atoms with Crippen LogP contribution >= 0.6 is 0 Å². The molecule has 0 fully saturated rings. The normalized spacial score (nSPS) is 14.7. The zero-order valence-electron chi connectivity index (χ0n) is 10.6. The lowest BCUT2D eigenvalue weighted by Gasteiger charge is -2.17. The molecule has 2 atom stereocenters. The molecule has 0 aromatic rings. The molecule has 0 rings (SSSR count). The summed E-state index contributed by atoms with van der Waals surface area (Å²) < 4.78 is 28.1. The van der Waals surface area contributed by atoms with Crippen LogP contribution in [0.1, 0.15) is 27.2 Å². The lowest BCUT2D eigenvalue weighted by atomic mass is 10.2. The Labute approximate surface area is 101 Å². The Morgan fingerprint density at radius 1 is 1.35 bits per heavy atom. The van der Waals surface area contributed by atoms with Gasteiger partial charge in [-0.1, -0.05) is 6.92 Å². The van der Waals surface area contributed by atoms with Crippen molar-refractivity contribution in [1.82, 2.24) is 10.6 Å². The van der Waals surface area contributed by atoms with Crippen molar-refractivity contribution in [2.45, 2.75) is 45.7 Å². The van der Waals surface area contributed by atoms with Crippen molar-refractivity contribution in [3.63, 3.8) is 0 Å². The van der Waals surface area contributed by atoms with E-state index in [1.165, 1.54) is 0 Å². The lowest BCUT2D eigenvalue weighted by molar-refractivity contribution is -0.123. The van der Waals surface area contributed by atoms with Crippen molar-refractivity contribution < 1.29 is 18.3 Å². The molecule has 0 saturated carbocycles. The molecule has 102 valence electrons. The predicted octanol–water partition coefficient (Wildman–Crippen LogP) is 1.16. The number of halogens is 2. The molecule has 0 spiro atoms. The summed E-state index contributed by atoms with van der Waals surface area (Å²) >= 11 is 0. The molecule has 0 radical (unpaired) electrons. The molecule has 6 heteroatoms. The van der Waals surface area contributed by atoms with E-state index in [-0.39, 0.29) is 24.6 Å². The molecule has 0 heterocycles. The van der Waals surface area contributed by atoms with Gasteiger partial charge in [0.15, 0.2) is 0 Å². The molecular weight excluding hydrogens is 230 g/mol. The summed E-state index contributed by atoms with van der Waals surface area (Å²) in [7, 11) is 0. The van der Waals surface area contributed by atoms with Crippen LogP contribution in [0.2, 0.25) is 0 Å². The topological polar surface area (TPSA) is 50.4 Å². The Bertz CT molecular complexity index is 216. The second-order valence-corrected chi connectivity index (χ2v) is 3.96. The zero-order valence-corrected chi connectivity index (χ0v) is 10.6. The minimum Gasteiger partial charge on any atom is -0.374 e. The van der Waals surface area contributed by atoms with Gasteiger partial charge >= 0.3 is 0 Å². The van der Waals surface area contributed by atoms with Gasteiger partial charge in [-0.2, -0.15) is 0 Å². The van der Waals surface area contributed by atoms with E-state index in [0.717, 1.165) is 6.42 Å². The number of carbonyl (C=O) groups is 1. The van der Waals surface area contributed by atoms with Crippen LogP contribution in [0.25, 0.3) is 0 Å². The van der Waals surface area contributed by atoms with E-state index in [4.69, 9.17) is 0 Å². The second kappa shape index (κ2) is 9.30. The van der Waals surface area contributed by atoms with Gasteiger partial charge in [-0.15, -0.1) is 0 Å². The maximum atomic E-state index is 11.7. The Morgan fingerprint density at radius 2 is 2.00 bits per heavy atom. The molecule has 0 aliphatic heterocycles. The fraction of sp³-hybridized carbons (Fsp3) is 0.909. The van der Waals surface area contributed by atoms with E-state index in [0.29, 0.717) is 6.54 Å². The molecule has 2 unspecified atom stereocenters. The first-order valence-corrected chi connectivity index (χ1v) is 5.87. The molecule has 0 bridgehead atoms. The average molecular weight is 252 g/mol. The van der Waals surface area contributed by atoms with Crippen LogP contribution in [-0.4, -0.2) is 44.2 Å². The van der Waals surface area contributed by atoms with Gasteiger partial charge in [0.25, 0.3) is 6.43 Å². The van der Waals surface area contributed by atoms with Gasteiger partial charge in [-0.25, -0.2) is 8.78 Å². The Morgan fingerprint density at radius 3 is 2.53 bits per heavy atom. The minimum atomic E-state index is -2.44. The molecule has 0 aliphatic rings. The SMILES string of the molecule is CCC(C)NC(=O)C(C)NCCOCC(F)F. The molecule has 1 amide bonds. The summed E-state index contributed by atoms with van der Waals surface area (Å²) in [6.45, 7) is 5.63. The van der Waals surface area contributed by atoms with Crippen LogP contribution in [0, 0.1) is 0 Å². The van der Waals surface area contributed by atoms with Crippen LogP contribution in [-0.2, 0) is 9.53 Å². The molecule has 0 saturated heterocycles. The van der Waals surface area contributed by atoms with Crippen molar-refractivity contribution in [2.75, 3.05) is 19.8 Å². The van der Waals surface area contributed by atoms with Crippen molar-refractivity contribution >= 4 is 5.91 Å². The Kier molecular flexibility index (Phi) is 8.89. The van der Waals surface area contributed by atoms with E-state index in [9.17, 15) is 13.6 Å². The van der Waals surface area contributed by atoms with Crippen LogP contribution in [0.15, 0.2) is 0 Å². The molecule has 0 aromatic heterocycles. The average Bonchev–Trinajstić information content (AvgIpc) is 2.27. The van der Waals surface area contributed by atoms with Gasteiger partial charge < -0.3 is 15.4 Å². The highest BCUT2D eigenvalue weighted by Gasteiger charge is 2.13. The van der Waals surface area contributed by atoms with Gasteiger partial charge in [0.1, 0.15) is 6.61 Å². The number of ether oxygens (including phenoxy) is 1. The summed E-state index contributed by atoms with van der Waals surface area (Å²) in [6.07, 6.45) is -1.57. The first-order valence-electron chi connectivity index (χ1n) is 5.87.